The Bertz CT molecular complexity index is 1730. The first-order valence-corrected chi connectivity index (χ1v) is 13.0. The van der Waals surface area contributed by atoms with E-state index in [1.165, 1.54) is 12.1 Å². The highest BCUT2D eigenvalue weighted by molar-refractivity contribution is 5.96. The van der Waals surface area contributed by atoms with Crippen LogP contribution in [-0.4, -0.2) is 40.5 Å². The molecule has 39 heavy (non-hydrogen) atoms. The van der Waals surface area contributed by atoms with Crippen LogP contribution in [0.25, 0.3) is 39.5 Å². The standard InChI is InChI=1S/C32H31F3N4/c1-5-23-17-25(30(7-3)39-15-14-36-20(4)19-39)29(37-23)18-26-27(6-2)38-28-13-9-12-24(31(26)28)21-10-8-11-22(16-21)32(33,34)35/h8-13,16-18,20,36-38H,2-3,5,14-15,19H2,1,4H3/b26-18+/t20-/m1/s1. The maximum absolute atomic E-state index is 13.5. The lowest BCUT2D eigenvalue weighted by atomic mass is 9.98. The van der Waals surface area contributed by atoms with Crippen LogP contribution in [0.2, 0.25) is 0 Å². The zero-order valence-corrected chi connectivity index (χ0v) is 22.1. The van der Waals surface area contributed by atoms with Gasteiger partial charge < -0.3 is 20.2 Å². The first-order chi connectivity index (χ1) is 18.7. The number of benzene rings is 2. The van der Waals surface area contributed by atoms with Crippen LogP contribution in [0, 0.1) is 0 Å². The number of fused-ring (bicyclic) bond motifs is 1. The number of piperazine rings is 1. The van der Waals surface area contributed by atoms with E-state index in [4.69, 9.17) is 0 Å². The van der Waals surface area contributed by atoms with E-state index in [1.54, 1.807) is 6.07 Å². The molecule has 1 aliphatic heterocycles. The number of nitrogens with zero attached hydrogens (tertiary/aromatic N) is 1. The number of nitrogens with one attached hydrogen (secondary N) is 3. The van der Waals surface area contributed by atoms with Crippen LogP contribution in [0.3, 0.4) is 0 Å². The number of hydrogen-bond donors (Lipinski definition) is 3. The van der Waals surface area contributed by atoms with Crippen molar-refractivity contribution in [3.63, 3.8) is 0 Å². The Kier molecular flexibility index (Phi) is 7.16. The molecule has 0 spiro atoms. The molecule has 0 bridgehead atoms. The topological polar surface area (TPSA) is 46.9 Å². The van der Waals surface area contributed by atoms with E-state index in [0.29, 0.717) is 22.5 Å². The monoisotopic (exact) mass is 528 g/mol. The number of halogens is 3. The van der Waals surface area contributed by atoms with E-state index >= 15 is 0 Å². The first kappa shape index (κ1) is 26.5. The van der Waals surface area contributed by atoms with E-state index < -0.39 is 11.7 Å². The van der Waals surface area contributed by atoms with Crippen LogP contribution in [0.4, 0.5) is 13.2 Å². The number of rotatable bonds is 5. The molecule has 7 heteroatoms. The summed E-state index contributed by atoms with van der Waals surface area (Å²) in [5, 5.41) is 5.75. The Labute approximate surface area is 225 Å². The zero-order chi connectivity index (χ0) is 27.7. The number of aromatic amines is 2. The summed E-state index contributed by atoms with van der Waals surface area (Å²) in [5.74, 6) is 0. The van der Waals surface area contributed by atoms with Crippen molar-refractivity contribution in [1.29, 1.82) is 0 Å². The van der Waals surface area contributed by atoms with Crippen molar-refractivity contribution in [3.8, 4) is 11.1 Å². The van der Waals surface area contributed by atoms with Gasteiger partial charge in [0.05, 0.1) is 16.6 Å². The van der Waals surface area contributed by atoms with Crippen molar-refractivity contribution >= 4 is 28.4 Å². The van der Waals surface area contributed by atoms with Crippen LogP contribution in [-0.2, 0) is 12.6 Å². The Balaban J connectivity index is 1.75. The molecular formula is C32H31F3N4. The van der Waals surface area contributed by atoms with E-state index in [2.05, 4.69) is 64.7 Å². The Morgan fingerprint density at radius 1 is 1.13 bits per heavy atom. The summed E-state index contributed by atoms with van der Waals surface area (Å²) >= 11 is 0. The summed E-state index contributed by atoms with van der Waals surface area (Å²) in [6, 6.07) is 13.5. The van der Waals surface area contributed by atoms with Gasteiger partial charge in [-0.25, -0.2) is 0 Å². The Morgan fingerprint density at radius 2 is 1.92 bits per heavy atom. The number of aromatic nitrogens is 2. The lowest BCUT2D eigenvalue weighted by Gasteiger charge is -2.34. The number of alkyl halides is 3. The molecule has 1 saturated heterocycles. The van der Waals surface area contributed by atoms with Crippen LogP contribution in [0.1, 0.15) is 36.4 Å². The van der Waals surface area contributed by atoms with Crippen molar-refractivity contribution < 1.29 is 13.2 Å². The summed E-state index contributed by atoms with van der Waals surface area (Å²) < 4.78 is 40.6. The average Bonchev–Trinajstić information content (AvgIpc) is 3.50. The minimum atomic E-state index is -4.43. The first-order valence-electron chi connectivity index (χ1n) is 13.0. The molecule has 1 fully saturated rings. The molecule has 1 aliphatic rings. The molecule has 5 rings (SSSR count). The SMILES string of the molecule is C=C=C(c1cc(CC)[nH]c1/C=c1\c(=C=C)[nH]c2cccc(-c3cccc(C(F)(F)F)c3)c12)N1CCN[C@H](C)C1. The fourth-order valence-corrected chi connectivity index (χ4v) is 5.35. The lowest BCUT2D eigenvalue weighted by molar-refractivity contribution is -0.137. The molecule has 0 aliphatic carbocycles. The highest BCUT2D eigenvalue weighted by Gasteiger charge is 2.30. The van der Waals surface area contributed by atoms with E-state index in [-0.39, 0.29) is 0 Å². The van der Waals surface area contributed by atoms with E-state index in [9.17, 15) is 13.2 Å². The maximum atomic E-state index is 13.5. The minimum absolute atomic E-state index is 0.338. The molecule has 0 saturated carbocycles. The second-order valence-corrected chi connectivity index (χ2v) is 9.84. The lowest BCUT2D eigenvalue weighted by Crippen LogP contribution is -2.48. The molecule has 3 N–H and O–H groups in total. The molecule has 2 aromatic carbocycles. The predicted molar refractivity (Wildman–Crippen MR) is 152 cm³/mol. The molecule has 1 atom stereocenters. The third-order valence-electron chi connectivity index (χ3n) is 7.22. The third-order valence-corrected chi connectivity index (χ3v) is 7.22. The van der Waals surface area contributed by atoms with Crippen molar-refractivity contribution in [2.45, 2.75) is 32.5 Å². The van der Waals surface area contributed by atoms with Crippen molar-refractivity contribution in [2.24, 2.45) is 0 Å². The predicted octanol–water partition coefficient (Wildman–Crippen LogP) is 5.56. The van der Waals surface area contributed by atoms with Crippen molar-refractivity contribution in [2.75, 3.05) is 19.6 Å². The summed E-state index contributed by atoms with van der Waals surface area (Å²) in [4.78, 5) is 9.18. The Morgan fingerprint density at radius 3 is 2.62 bits per heavy atom. The van der Waals surface area contributed by atoms with Gasteiger partial charge in [0, 0.05) is 58.7 Å². The zero-order valence-electron chi connectivity index (χ0n) is 22.1. The van der Waals surface area contributed by atoms with Gasteiger partial charge in [-0.15, -0.1) is 11.5 Å². The fourth-order valence-electron chi connectivity index (χ4n) is 5.35. The number of aryl methyl sites for hydroxylation is 1. The molecule has 2 aromatic heterocycles. The van der Waals surface area contributed by atoms with Gasteiger partial charge in [0.2, 0.25) is 0 Å². The summed E-state index contributed by atoms with van der Waals surface area (Å²) in [6.07, 6.45) is -1.59. The van der Waals surface area contributed by atoms with Gasteiger partial charge in [-0.1, -0.05) is 44.3 Å². The van der Waals surface area contributed by atoms with Crippen LogP contribution >= 0.6 is 0 Å². The second kappa shape index (κ2) is 10.5. The third kappa shape index (κ3) is 5.13. The summed E-state index contributed by atoms with van der Waals surface area (Å²) in [6.45, 7) is 14.7. The van der Waals surface area contributed by atoms with Crippen LogP contribution in [0.15, 0.2) is 67.4 Å². The quantitative estimate of drug-likeness (QED) is 0.297. The van der Waals surface area contributed by atoms with Gasteiger partial charge in [0.25, 0.3) is 0 Å². The summed E-state index contributed by atoms with van der Waals surface area (Å²) in [7, 11) is 0. The van der Waals surface area contributed by atoms with Gasteiger partial charge in [0.1, 0.15) is 0 Å². The molecule has 4 aromatic rings. The van der Waals surface area contributed by atoms with Gasteiger partial charge in [-0.05, 0) is 54.8 Å². The van der Waals surface area contributed by atoms with Gasteiger partial charge in [0.15, 0.2) is 0 Å². The van der Waals surface area contributed by atoms with Crippen LogP contribution in [0.5, 0.6) is 0 Å². The molecule has 0 amide bonds. The fraction of sp³-hybridized carbons (Fsp3) is 0.250. The number of hydrogen-bond acceptors (Lipinski definition) is 2. The van der Waals surface area contributed by atoms with E-state index in [0.717, 1.165) is 70.9 Å². The normalized spacial score (nSPS) is 16.4. The summed E-state index contributed by atoms with van der Waals surface area (Å²) in [5.41, 5.74) is 11.3. The van der Waals surface area contributed by atoms with Gasteiger partial charge in [-0.2, -0.15) is 13.2 Å². The minimum Gasteiger partial charge on any atom is -0.362 e. The van der Waals surface area contributed by atoms with Gasteiger partial charge >= 0.3 is 6.18 Å². The largest absolute Gasteiger partial charge is 0.416 e. The molecular weight excluding hydrogens is 497 g/mol. The van der Waals surface area contributed by atoms with E-state index in [1.807, 2.05) is 24.3 Å². The average molecular weight is 529 g/mol. The smallest absolute Gasteiger partial charge is 0.362 e. The van der Waals surface area contributed by atoms with Crippen LogP contribution < -0.4 is 15.9 Å². The molecule has 200 valence electrons. The Hall–Kier alpha value is -4.15. The maximum Gasteiger partial charge on any atom is 0.416 e. The molecule has 0 unspecified atom stereocenters. The number of H-pyrrole nitrogens is 2. The van der Waals surface area contributed by atoms with Crippen molar-refractivity contribution in [1.82, 2.24) is 20.2 Å². The molecule has 4 nitrogen and oxygen atoms in total. The highest BCUT2D eigenvalue weighted by atomic mass is 19.4. The van der Waals surface area contributed by atoms with Gasteiger partial charge in [-0.3, -0.25) is 0 Å². The molecule has 3 heterocycles. The highest BCUT2D eigenvalue weighted by Crippen LogP contribution is 2.34. The van der Waals surface area contributed by atoms with Crippen molar-refractivity contribution in [3.05, 3.63) is 101 Å². The molecule has 0 radical (unpaired) electrons. The second-order valence-electron chi connectivity index (χ2n) is 9.84.